The molecule has 2 heterocycles. The molecular formula is C20H17Cl2F3N4O3. The van der Waals surface area contributed by atoms with Gasteiger partial charge in [-0.3, -0.25) is 9.59 Å². The minimum absolute atomic E-state index is 0.00923. The molecule has 12 heteroatoms. The second-order valence-corrected chi connectivity index (χ2v) is 7.41. The number of pyridine rings is 1. The van der Waals surface area contributed by atoms with Crippen LogP contribution in [0.5, 0.6) is 0 Å². The van der Waals surface area contributed by atoms with E-state index in [-0.39, 0.29) is 45.8 Å². The highest BCUT2D eigenvalue weighted by molar-refractivity contribution is 6.40. The van der Waals surface area contributed by atoms with Crippen LogP contribution in [0.2, 0.25) is 10.0 Å². The number of carbonyl (C=O) groups is 2. The zero-order valence-electron chi connectivity index (χ0n) is 16.6. The van der Waals surface area contributed by atoms with Gasteiger partial charge in [-0.05, 0) is 24.3 Å². The van der Waals surface area contributed by atoms with Crippen molar-refractivity contribution in [1.29, 1.82) is 0 Å². The first-order valence-electron chi connectivity index (χ1n) is 9.21. The van der Waals surface area contributed by atoms with Gasteiger partial charge in [0.2, 0.25) is 5.91 Å². The Kier molecular flexibility index (Phi) is 7.27. The number of rotatable bonds is 7. The van der Waals surface area contributed by atoms with Crippen LogP contribution in [0, 0.1) is 0 Å². The van der Waals surface area contributed by atoms with E-state index in [2.05, 4.69) is 15.6 Å². The zero-order chi connectivity index (χ0) is 23.5. The van der Waals surface area contributed by atoms with Crippen molar-refractivity contribution in [3.63, 3.8) is 0 Å². The molecule has 0 aliphatic rings. The zero-order valence-corrected chi connectivity index (χ0v) is 18.1. The monoisotopic (exact) mass is 488 g/mol. The average molecular weight is 489 g/mol. The number of imidazole rings is 1. The van der Waals surface area contributed by atoms with E-state index in [0.717, 1.165) is 4.40 Å². The van der Waals surface area contributed by atoms with Crippen LogP contribution in [0.15, 0.2) is 36.5 Å². The van der Waals surface area contributed by atoms with Gasteiger partial charge in [-0.2, -0.15) is 13.2 Å². The SMILES string of the molecule is COCCNC(=O)Cc1c(C(F)(F)F)nc2c(NC(=O)c3c(Cl)cccc3Cl)cccn12. The smallest absolute Gasteiger partial charge is 0.383 e. The van der Waals surface area contributed by atoms with Gasteiger partial charge in [0, 0.05) is 19.9 Å². The molecule has 3 aromatic rings. The van der Waals surface area contributed by atoms with Crippen LogP contribution in [0.3, 0.4) is 0 Å². The van der Waals surface area contributed by atoms with Crippen LogP contribution in [0.1, 0.15) is 21.7 Å². The molecule has 0 spiro atoms. The van der Waals surface area contributed by atoms with E-state index < -0.39 is 30.1 Å². The molecule has 0 unspecified atom stereocenters. The number of hydrogen-bond acceptors (Lipinski definition) is 4. The number of amides is 2. The van der Waals surface area contributed by atoms with Gasteiger partial charge in [0.25, 0.3) is 5.91 Å². The number of halogens is 5. The number of aromatic nitrogens is 2. The first kappa shape index (κ1) is 23.8. The first-order chi connectivity index (χ1) is 15.1. The fourth-order valence-corrected chi connectivity index (χ4v) is 3.59. The Morgan fingerprint density at radius 3 is 2.47 bits per heavy atom. The molecular weight excluding hydrogens is 472 g/mol. The maximum absolute atomic E-state index is 13.7. The fraction of sp³-hybridized carbons (Fsp3) is 0.250. The summed E-state index contributed by atoms with van der Waals surface area (Å²) in [4.78, 5) is 28.5. The summed E-state index contributed by atoms with van der Waals surface area (Å²) in [6.07, 6.45) is -4.07. The molecule has 2 N–H and O–H groups in total. The number of ether oxygens (including phenoxy) is 1. The second-order valence-electron chi connectivity index (χ2n) is 6.59. The molecule has 0 aliphatic carbocycles. The normalized spacial score (nSPS) is 11.6. The van der Waals surface area contributed by atoms with E-state index >= 15 is 0 Å². The standard InChI is InChI=1S/C20H17Cl2F3N4O3/c1-32-9-7-26-15(30)10-14-17(20(23,24)25)28-18-13(6-3-8-29(14)18)27-19(31)16-11(21)4-2-5-12(16)22/h2-6,8H,7,9-10H2,1H3,(H,26,30)(H,27,31). The highest BCUT2D eigenvalue weighted by atomic mass is 35.5. The van der Waals surface area contributed by atoms with E-state index in [9.17, 15) is 22.8 Å². The van der Waals surface area contributed by atoms with Gasteiger partial charge in [0.1, 0.15) is 0 Å². The molecule has 0 bridgehead atoms. The number of alkyl halides is 3. The largest absolute Gasteiger partial charge is 0.435 e. The summed E-state index contributed by atoms with van der Waals surface area (Å²) in [7, 11) is 1.43. The summed E-state index contributed by atoms with van der Waals surface area (Å²) in [5.74, 6) is -1.35. The molecule has 170 valence electrons. The van der Waals surface area contributed by atoms with E-state index in [1.807, 2.05) is 0 Å². The van der Waals surface area contributed by atoms with Gasteiger partial charge < -0.3 is 19.8 Å². The quantitative estimate of drug-likeness (QED) is 0.487. The molecule has 0 radical (unpaired) electrons. The Morgan fingerprint density at radius 2 is 1.84 bits per heavy atom. The van der Waals surface area contributed by atoms with Gasteiger partial charge in [0.15, 0.2) is 11.3 Å². The molecule has 1 aromatic carbocycles. The molecule has 0 saturated carbocycles. The minimum atomic E-state index is -4.82. The predicted octanol–water partition coefficient (Wildman–Crippen LogP) is 4.22. The predicted molar refractivity (Wildman–Crippen MR) is 113 cm³/mol. The lowest BCUT2D eigenvalue weighted by Crippen LogP contribution is -2.29. The number of anilines is 1. The molecule has 0 fully saturated rings. The number of nitrogens with one attached hydrogen (secondary N) is 2. The number of fused-ring (bicyclic) bond motifs is 1. The van der Waals surface area contributed by atoms with Gasteiger partial charge in [-0.25, -0.2) is 4.98 Å². The number of carbonyl (C=O) groups excluding carboxylic acids is 2. The summed E-state index contributed by atoms with van der Waals surface area (Å²) >= 11 is 12.1. The Hall–Kier alpha value is -2.82. The Bertz CT molecular complexity index is 1140. The molecule has 0 saturated heterocycles. The van der Waals surface area contributed by atoms with Crippen molar-refractivity contribution in [2.45, 2.75) is 12.6 Å². The van der Waals surface area contributed by atoms with Crippen molar-refractivity contribution < 1.29 is 27.5 Å². The van der Waals surface area contributed by atoms with Gasteiger partial charge in [0.05, 0.1) is 40.0 Å². The topological polar surface area (TPSA) is 84.7 Å². The summed E-state index contributed by atoms with van der Waals surface area (Å²) in [6.45, 7) is 0.360. The Balaban J connectivity index is 2.00. The maximum Gasteiger partial charge on any atom is 0.435 e. The van der Waals surface area contributed by atoms with Crippen LogP contribution in [0.4, 0.5) is 18.9 Å². The molecule has 2 amide bonds. The van der Waals surface area contributed by atoms with E-state index in [4.69, 9.17) is 27.9 Å². The molecule has 7 nitrogen and oxygen atoms in total. The third-order valence-corrected chi connectivity index (χ3v) is 5.04. The third-order valence-electron chi connectivity index (χ3n) is 4.41. The second kappa shape index (κ2) is 9.76. The van der Waals surface area contributed by atoms with Crippen molar-refractivity contribution >= 4 is 46.4 Å². The van der Waals surface area contributed by atoms with Crippen LogP contribution in [0.25, 0.3) is 5.65 Å². The Labute approximate surface area is 190 Å². The number of methoxy groups -OCH3 is 1. The fourth-order valence-electron chi connectivity index (χ4n) is 3.02. The summed E-state index contributed by atoms with van der Waals surface area (Å²) in [6, 6.07) is 7.27. The lowest BCUT2D eigenvalue weighted by Gasteiger charge is -2.10. The summed E-state index contributed by atoms with van der Waals surface area (Å²) in [5.41, 5.74) is -1.81. The first-order valence-corrected chi connectivity index (χ1v) is 9.97. The van der Waals surface area contributed by atoms with Crippen LogP contribution < -0.4 is 10.6 Å². The molecule has 32 heavy (non-hydrogen) atoms. The average Bonchev–Trinajstić information content (AvgIpc) is 3.08. The van der Waals surface area contributed by atoms with Gasteiger partial charge in [-0.1, -0.05) is 29.3 Å². The summed E-state index contributed by atoms with van der Waals surface area (Å²) < 4.78 is 46.9. The lowest BCUT2D eigenvalue weighted by molar-refractivity contribution is -0.141. The van der Waals surface area contributed by atoms with E-state index in [0.29, 0.717) is 0 Å². The van der Waals surface area contributed by atoms with Crippen molar-refractivity contribution in [3.8, 4) is 0 Å². The van der Waals surface area contributed by atoms with Gasteiger partial charge in [-0.15, -0.1) is 0 Å². The Morgan fingerprint density at radius 1 is 1.16 bits per heavy atom. The molecule has 3 rings (SSSR count). The highest BCUT2D eigenvalue weighted by Gasteiger charge is 2.38. The molecule has 2 aromatic heterocycles. The van der Waals surface area contributed by atoms with Crippen LogP contribution in [-0.4, -0.2) is 41.5 Å². The van der Waals surface area contributed by atoms with Crippen molar-refractivity contribution in [1.82, 2.24) is 14.7 Å². The number of hydrogen-bond donors (Lipinski definition) is 2. The van der Waals surface area contributed by atoms with Crippen molar-refractivity contribution in [3.05, 3.63) is 63.5 Å². The van der Waals surface area contributed by atoms with Crippen molar-refractivity contribution in [2.24, 2.45) is 0 Å². The van der Waals surface area contributed by atoms with E-state index in [1.165, 1.54) is 37.6 Å². The lowest BCUT2D eigenvalue weighted by atomic mass is 10.2. The van der Waals surface area contributed by atoms with Crippen LogP contribution >= 0.6 is 23.2 Å². The highest BCUT2D eigenvalue weighted by Crippen LogP contribution is 2.34. The van der Waals surface area contributed by atoms with E-state index in [1.54, 1.807) is 6.07 Å². The minimum Gasteiger partial charge on any atom is -0.383 e. The maximum atomic E-state index is 13.7. The molecule has 0 atom stereocenters. The number of nitrogens with zero attached hydrogens (tertiary/aromatic N) is 2. The molecule has 0 aliphatic heterocycles. The van der Waals surface area contributed by atoms with Crippen molar-refractivity contribution in [2.75, 3.05) is 25.6 Å². The van der Waals surface area contributed by atoms with Gasteiger partial charge >= 0.3 is 6.18 Å². The third kappa shape index (κ3) is 5.14. The van der Waals surface area contributed by atoms with Crippen LogP contribution in [-0.2, 0) is 22.1 Å². The number of benzene rings is 1. The summed E-state index contributed by atoms with van der Waals surface area (Å²) in [5, 5.41) is 5.13.